The predicted molar refractivity (Wildman–Crippen MR) is 66.7 cm³/mol. The Balaban J connectivity index is 1.62. The van der Waals surface area contributed by atoms with Gasteiger partial charge in [0.1, 0.15) is 0 Å². The molecule has 0 heterocycles. The third kappa shape index (κ3) is 3.42. The van der Waals surface area contributed by atoms with Crippen LogP contribution in [0.25, 0.3) is 0 Å². The zero-order chi connectivity index (χ0) is 12.3. The van der Waals surface area contributed by atoms with Crippen LogP contribution >= 0.6 is 0 Å². The van der Waals surface area contributed by atoms with E-state index in [1.54, 1.807) is 7.11 Å². The van der Waals surface area contributed by atoms with Gasteiger partial charge in [-0.2, -0.15) is 0 Å². The van der Waals surface area contributed by atoms with Crippen LogP contribution in [0.2, 0.25) is 0 Å². The van der Waals surface area contributed by atoms with Crippen LogP contribution < -0.4 is 10.6 Å². The molecule has 0 bridgehead atoms. The molecule has 2 N–H and O–H groups in total. The first kappa shape index (κ1) is 12.8. The van der Waals surface area contributed by atoms with Gasteiger partial charge in [-0.15, -0.1) is 0 Å². The summed E-state index contributed by atoms with van der Waals surface area (Å²) in [6.07, 6.45) is 5.50. The summed E-state index contributed by atoms with van der Waals surface area (Å²) < 4.78 is 4.90. The Morgan fingerprint density at radius 3 is 2.71 bits per heavy atom. The molecule has 0 spiro atoms. The number of ether oxygens (including phenoxy) is 1. The number of methoxy groups -OCH3 is 1. The molecule has 2 aliphatic carbocycles. The highest BCUT2D eigenvalue weighted by Crippen LogP contribution is 2.60. The van der Waals surface area contributed by atoms with Crippen molar-refractivity contribution < 1.29 is 9.53 Å². The summed E-state index contributed by atoms with van der Waals surface area (Å²) in [7, 11) is 1.64. The third-order valence-electron chi connectivity index (χ3n) is 4.09. The number of nitrogens with one attached hydrogen (secondary N) is 2. The highest BCUT2D eigenvalue weighted by molar-refractivity contribution is 5.81. The van der Waals surface area contributed by atoms with Crippen molar-refractivity contribution in [3.8, 4) is 0 Å². The summed E-state index contributed by atoms with van der Waals surface area (Å²) >= 11 is 0. The van der Waals surface area contributed by atoms with Gasteiger partial charge in [-0.25, -0.2) is 0 Å². The molecule has 0 aromatic rings. The fourth-order valence-corrected chi connectivity index (χ4v) is 2.46. The van der Waals surface area contributed by atoms with Gasteiger partial charge in [0.05, 0.1) is 12.6 Å². The fourth-order valence-electron chi connectivity index (χ4n) is 2.46. The zero-order valence-electron chi connectivity index (χ0n) is 10.9. The smallest absolute Gasteiger partial charge is 0.236 e. The van der Waals surface area contributed by atoms with Crippen molar-refractivity contribution in [3.05, 3.63) is 0 Å². The number of hydrogen-bond donors (Lipinski definition) is 2. The molecule has 2 aliphatic rings. The number of hydrogen-bond acceptors (Lipinski definition) is 3. The molecule has 1 amide bonds. The molecular formula is C13H24N2O2. The Morgan fingerprint density at radius 1 is 1.47 bits per heavy atom. The molecular weight excluding hydrogens is 216 g/mol. The Morgan fingerprint density at radius 2 is 2.18 bits per heavy atom. The second-order valence-corrected chi connectivity index (χ2v) is 5.52. The van der Waals surface area contributed by atoms with E-state index in [4.69, 9.17) is 4.74 Å². The first-order valence-electron chi connectivity index (χ1n) is 6.68. The van der Waals surface area contributed by atoms with Crippen LogP contribution in [-0.2, 0) is 9.53 Å². The van der Waals surface area contributed by atoms with Gasteiger partial charge in [0.2, 0.25) is 5.91 Å². The van der Waals surface area contributed by atoms with E-state index in [2.05, 4.69) is 10.6 Å². The maximum atomic E-state index is 11.7. The molecule has 0 aliphatic heterocycles. The largest absolute Gasteiger partial charge is 0.383 e. The molecule has 2 rings (SSSR count). The maximum Gasteiger partial charge on any atom is 0.236 e. The maximum absolute atomic E-state index is 11.7. The molecule has 2 saturated carbocycles. The lowest BCUT2D eigenvalue weighted by molar-refractivity contribution is -0.123. The zero-order valence-corrected chi connectivity index (χ0v) is 10.9. The minimum absolute atomic E-state index is 0.0775. The van der Waals surface area contributed by atoms with Gasteiger partial charge in [-0.3, -0.25) is 4.79 Å². The number of rotatable bonds is 8. The highest BCUT2D eigenvalue weighted by atomic mass is 16.5. The molecule has 0 radical (unpaired) electrons. The molecule has 2 fully saturated rings. The van der Waals surface area contributed by atoms with Crippen LogP contribution in [0.1, 0.15) is 32.6 Å². The Labute approximate surface area is 103 Å². The predicted octanol–water partition coefficient (Wildman–Crippen LogP) is 0.917. The Kier molecular flexibility index (Phi) is 4.05. The molecule has 4 heteroatoms. The highest BCUT2D eigenvalue weighted by Gasteiger charge is 2.53. The number of carbonyl (C=O) groups is 1. The summed E-state index contributed by atoms with van der Waals surface area (Å²) in [6, 6.07) is -0.0944. The van der Waals surface area contributed by atoms with Crippen LogP contribution in [0.15, 0.2) is 0 Å². The van der Waals surface area contributed by atoms with E-state index in [-0.39, 0.29) is 11.9 Å². The first-order chi connectivity index (χ1) is 8.18. The van der Waals surface area contributed by atoms with E-state index < -0.39 is 0 Å². The number of amides is 1. The second kappa shape index (κ2) is 5.36. The summed E-state index contributed by atoms with van der Waals surface area (Å²) in [5.41, 5.74) is 0.557. The third-order valence-corrected chi connectivity index (χ3v) is 4.09. The molecule has 0 aromatic carbocycles. The average molecular weight is 240 g/mol. The van der Waals surface area contributed by atoms with Crippen molar-refractivity contribution in [2.75, 3.05) is 26.8 Å². The molecule has 1 atom stereocenters. The van der Waals surface area contributed by atoms with Crippen LogP contribution in [-0.4, -0.2) is 38.8 Å². The minimum Gasteiger partial charge on any atom is -0.383 e. The quantitative estimate of drug-likeness (QED) is 0.620. The molecule has 1 unspecified atom stereocenters. The van der Waals surface area contributed by atoms with Crippen LogP contribution in [0, 0.1) is 11.3 Å². The normalized spacial score (nSPS) is 23.2. The Bertz CT molecular complexity index is 273. The molecule has 0 aromatic heterocycles. The SMILES string of the molecule is COCCNC(=O)C(C)NCC1(C2CC2)CC1. The molecule has 98 valence electrons. The monoisotopic (exact) mass is 240 g/mol. The van der Waals surface area contributed by atoms with Gasteiger partial charge in [-0.1, -0.05) is 0 Å². The molecule has 4 nitrogen and oxygen atoms in total. The van der Waals surface area contributed by atoms with Crippen LogP contribution in [0.4, 0.5) is 0 Å². The average Bonchev–Trinajstić information content (AvgIpc) is 3.16. The number of carbonyl (C=O) groups excluding carboxylic acids is 1. The summed E-state index contributed by atoms with van der Waals surface area (Å²) in [4.78, 5) is 11.7. The van der Waals surface area contributed by atoms with Crippen molar-refractivity contribution in [1.29, 1.82) is 0 Å². The summed E-state index contributed by atoms with van der Waals surface area (Å²) in [5.74, 6) is 1.02. The van der Waals surface area contributed by atoms with Gasteiger partial charge >= 0.3 is 0 Å². The summed E-state index contributed by atoms with van der Waals surface area (Å²) in [6.45, 7) is 4.11. The van der Waals surface area contributed by atoms with Crippen molar-refractivity contribution in [1.82, 2.24) is 10.6 Å². The first-order valence-corrected chi connectivity index (χ1v) is 6.68. The van der Waals surface area contributed by atoms with E-state index in [9.17, 15) is 4.79 Å². The van der Waals surface area contributed by atoms with E-state index in [0.717, 1.165) is 12.5 Å². The standard InChI is InChI=1S/C13H24N2O2/c1-10(12(16)14-7-8-17-2)15-9-13(5-6-13)11-3-4-11/h10-11,15H,3-9H2,1-2H3,(H,14,16). The summed E-state index contributed by atoms with van der Waals surface area (Å²) in [5, 5.41) is 6.24. The van der Waals surface area contributed by atoms with Crippen molar-refractivity contribution in [3.63, 3.8) is 0 Å². The second-order valence-electron chi connectivity index (χ2n) is 5.52. The fraction of sp³-hybridized carbons (Fsp3) is 0.923. The van der Waals surface area contributed by atoms with Crippen LogP contribution in [0.3, 0.4) is 0 Å². The van der Waals surface area contributed by atoms with E-state index in [1.165, 1.54) is 25.7 Å². The van der Waals surface area contributed by atoms with Crippen LogP contribution in [0.5, 0.6) is 0 Å². The molecule has 17 heavy (non-hydrogen) atoms. The molecule has 0 saturated heterocycles. The van der Waals surface area contributed by atoms with Gasteiger partial charge in [0.15, 0.2) is 0 Å². The van der Waals surface area contributed by atoms with Gasteiger partial charge in [-0.05, 0) is 43.9 Å². The lowest BCUT2D eigenvalue weighted by atomic mass is 10.0. The lowest BCUT2D eigenvalue weighted by Gasteiger charge is -2.19. The Hall–Kier alpha value is -0.610. The lowest BCUT2D eigenvalue weighted by Crippen LogP contribution is -2.45. The van der Waals surface area contributed by atoms with Gasteiger partial charge in [0, 0.05) is 20.2 Å². The topological polar surface area (TPSA) is 50.4 Å². The van der Waals surface area contributed by atoms with Gasteiger partial charge in [0.25, 0.3) is 0 Å². The van der Waals surface area contributed by atoms with E-state index in [1.807, 2.05) is 6.92 Å². The van der Waals surface area contributed by atoms with E-state index in [0.29, 0.717) is 18.6 Å². The van der Waals surface area contributed by atoms with E-state index >= 15 is 0 Å². The van der Waals surface area contributed by atoms with Gasteiger partial charge < -0.3 is 15.4 Å². The van der Waals surface area contributed by atoms with Crippen molar-refractivity contribution in [2.45, 2.75) is 38.6 Å². The minimum atomic E-state index is -0.0944. The van der Waals surface area contributed by atoms with Crippen molar-refractivity contribution >= 4 is 5.91 Å². The van der Waals surface area contributed by atoms with Crippen molar-refractivity contribution in [2.24, 2.45) is 11.3 Å².